The lowest BCUT2D eigenvalue weighted by atomic mass is 10.1. The van der Waals surface area contributed by atoms with Crippen molar-refractivity contribution >= 4 is 23.2 Å². The van der Waals surface area contributed by atoms with Gasteiger partial charge >= 0.3 is 5.97 Å². The van der Waals surface area contributed by atoms with E-state index < -0.39 is 12.0 Å². The van der Waals surface area contributed by atoms with Gasteiger partial charge in [-0.15, -0.1) is 11.3 Å². The number of thiophene rings is 1. The number of amides is 1. The van der Waals surface area contributed by atoms with Crippen molar-refractivity contribution in [2.75, 3.05) is 7.11 Å². The molecule has 100 valence electrons. The summed E-state index contributed by atoms with van der Waals surface area (Å²) in [6.45, 7) is 1.98. The number of carbonyl (C=O) groups is 2. The fourth-order valence-electron chi connectivity index (χ4n) is 1.44. The molecular formula is C12H17NO4S. The Balaban J connectivity index is 2.62. The van der Waals surface area contributed by atoms with Gasteiger partial charge in [0.05, 0.1) is 12.0 Å². The van der Waals surface area contributed by atoms with Crippen LogP contribution in [0.3, 0.4) is 0 Å². The molecule has 0 bridgehead atoms. The number of ether oxygens (including phenoxy) is 1. The molecule has 2 N–H and O–H groups in total. The van der Waals surface area contributed by atoms with Crippen LogP contribution in [0.15, 0.2) is 11.4 Å². The van der Waals surface area contributed by atoms with Crippen LogP contribution in [0.25, 0.3) is 0 Å². The maximum Gasteiger partial charge on any atom is 0.326 e. The van der Waals surface area contributed by atoms with Gasteiger partial charge in [0, 0.05) is 11.4 Å². The molecule has 1 aromatic rings. The average molecular weight is 271 g/mol. The Morgan fingerprint density at radius 1 is 1.56 bits per heavy atom. The van der Waals surface area contributed by atoms with Gasteiger partial charge in [-0.1, -0.05) is 19.8 Å². The third kappa shape index (κ3) is 4.03. The molecule has 18 heavy (non-hydrogen) atoms. The van der Waals surface area contributed by atoms with Gasteiger partial charge in [0.15, 0.2) is 0 Å². The number of aliphatic carboxylic acids is 1. The number of methoxy groups -OCH3 is 1. The van der Waals surface area contributed by atoms with Crippen LogP contribution < -0.4 is 10.1 Å². The molecule has 0 fully saturated rings. The van der Waals surface area contributed by atoms with Crippen LogP contribution in [-0.2, 0) is 4.79 Å². The zero-order valence-corrected chi connectivity index (χ0v) is 11.3. The molecule has 0 aromatic carbocycles. The molecule has 5 nitrogen and oxygen atoms in total. The minimum atomic E-state index is -1.000. The summed E-state index contributed by atoms with van der Waals surface area (Å²) in [5.41, 5.74) is 0. The summed E-state index contributed by atoms with van der Waals surface area (Å²) in [6.07, 6.45) is 2.11. The number of carboxylic acids is 1. The lowest BCUT2D eigenvalue weighted by molar-refractivity contribution is -0.139. The molecule has 0 saturated heterocycles. The number of carbonyl (C=O) groups excluding carboxylic acids is 1. The highest BCUT2D eigenvalue weighted by atomic mass is 32.1. The second-order valence-corrected chi connectivity index (χ2v) is 4.77. The lowest BCUT2D eigenvalue weighted by Gasteiger charge is -2.13. The first kappa shape index (κ1) is 14.5. The number of rotatable bonds is 7. The molecule has 0 radical (unpaired) electrons. The Kier molecular flexibility index (Phi) is 5.64. The van der Waals surface area contributed by atoms with E-state index in [4.69, 9.17) is 9.84 Å². The molecule has 1 amide bonds. The maximum atomic E-state index is 11.8. The molecule has 1 aromatic heterocycles. The first-order valence-electron chi connectivity index (χ1n) is 5.74. The Morgan fingerprint density at radius 2 is 2.28 bits per heavy atom. The van der Waals surface area contributed by atoms with Crippen LogP contribution in [0.1, 0.15) is 35.9 Å². The van der Waals surface area contributed by atoms with Crippen molar-refractivity contribution in [1.29, 1.82) is 0 Å². The molecular weight excluding hydrogens is 254 g/mol. The third-order valence-corrected chi connectivity index (χ3v) is 3.39. The van der Waals surface area contributed by atoms with Crippen molar-refractivity contribution in [3.63, 3.8) is 0 Å². The third-order valence-electron chi connectivity index (χ3n) is 2.48. The van der Waals surface area contributed by atoms with E-state index >= 15 is 0 Å². The molecule has 1 atom stereocenters. The van der Waals surface area contributed by atoms with Gasteiger partial charge in [0.25, 0.3) is 5.91 Å². The monoisotopic (exact) mass is 271 g/mol. The van der Waals surface area contributed by atoms with Crippen LogP contribution in [0.2, 0.25) is 0 Å². The molecule has 1 heterocycles. The van der Waals surface area contributed by atoms with E-state index in [2.05, 4.69) is 5.32 Å². The normalized spacial score (nSPS) is 11.9. The van der Waals surface area contributed by atoms with Crippen LogP contribution in [0.4, 0.5) is 0 Å². The highest BCUT2D eigenvalue weighted by molar-refractivity contribution is 7.12. The Hall–Kier alpha value is -1.56. The van der Waals surface area contributed by atoms with Gasteiger partial charge < -0.3 is 15.2 Å². The van der Waals surface area contributed by atoms with Gasteiger partial charge in [-0.05, 0) is 6.42 Å². The van der Waals surface area contributed by atoms with E-state index in [1.807, 2.05) is 6.92 Å². The predicted molar refractivity (Wildman–Crippen MR) is 69.3 cm³/mol. The summed E-state index contributed by atoms with van der Waals surface area (Å²) >= 11 is 1.23. The van der Waals surface area contributed by atoms with E-state index in [1.54, 1.807) is 11.4 Å². The van der Waals surface area contributed by atoms with Gasteiger partial charge in [0.2, 0.25) is 0 Å². The van der Waals surface area contributed by atoms with Crippen LogP contribution in [-0.4, -0.2) is 30.1 Å². The van der Waals surface area contributed by atoms with Gasteiger partial charge in [-0.3, -0.25) is 4.79 Å². The minimum absolute atomic E-state index is 0.369. The second-order valence-electron chi connectivity index (χ2n) is 3.86. The fourth-order valence-corrected chi connectivity index (χ4v) is 2.20. The van der Waals surface area contributed by atoms with Crippen molar-refractivity contribution in [2.45, 2.75) is 32.2 Å². The predicted octanol–water partition coefficient (Wildman–Crippen LogP) is 2.13. The highest BCUT2D eigenvalue weighted by Gasteiger charge is 2.20. The van der Waals surface area contributed by atoms with E-state index in [0.717, 1.165) is 12.8 Å². The highest BCUT2D eigenvalue weighted by Crippen LogP contribution is 2.21. The summed E-state index contributed by atoms with van der Waals surface area (Å²) in [6, 6.07) is 0.768. The summed E-state index contributed by atoms with van der Waals surface area (Å²) in [7, 11) is 1.52. The van der Waals surface area contributed by atoms with Gasteiger partial charge in [-0.25, -0.2) is 4.79 Å². The molecule has 0 unspecified atom stereocenters. The fraction of sp³-hybridized carbons (Fsp3) is 0.500. The first-order valence-corrected chi connectivity index (χ1v) is 6.62. The number of nitrogens with one attached hydrogen (secondary N) is 1. The number of unbranched alkanes of at least 4 members (excludes halogenated alkanes) is 1. The number of hydrogen-bond donors (Lipinski definition) is 2. The first-order chi connectivity index (χ1) is 8.58. The summed E-state index contributed by atoms with van der Waals surface area (Å²) < 4.78 is 4.98. The standard InChI is InChI=1S/C12H17NO4S/c1-3-4-5-9(12(15)16)13-11(14)10-6-8(17-2)7-18-10/h6-7,9H,3-5H2,1-2H3,(H,13,14)(H,15,16)/t9-/m0/s1. The van der Waals surface area contributed by atoms with Crippen LogP contribution >= 0.6 is 11.3 Å². The van der Waals surface area contributed by atoms with Crippen LogP contribution in [0.5, 0.6) is 5.75 Å². The largest absolute Gasteiger partial charge is 0.496 e. The van der Waals surface area contributed by atoms with E-state index in [0.29, 0.717) is 17.0 Å². The van der Waals surface area contributed by atoms with Crippen molar-refractivity contribution in [3.8, 4) is 5.75 Å². The molecule has 6 heteroatoms. The van der Waals surface area contributed by atoms with Crippen molar-refractivity contribution < 1.29 is 19.4 Å². The SMILES string of the molecule is CCCC[C@H](NC(=O)c1cc(OC)cs1)C(=O)O. The van der Waals surface area contributed by atoms with E-state index in [1.165, 1.54) is 18.4 Å². The maximum absolute atomic E-state index is 11.8. The Morgan fingerprint density at radius 3 is 2.78 bits per heavy atom. The van der Waals surface area contributed by atoms with Crippen molar-refractivity contribution in [1.82, 2.24) is 5.32 Å². The van der Waals surface area contributed by atoms with E-state index in [-0.39, 0.29) is 5.91 Å². The number of hydrogen-bond acceptors (Lipinski definition) is 4. The molecule has 0 aliphatic carbocycles. The average Bonchev–Trinajstić information content (AvgIpc) is 2.82. The summed E-state index contributed by atoms with van der Waals surface area (Å²) in [4.78, 5) is 23.3. The minimum Gasteiger partial charge on any atom is -0.496 e. The lowest BCUT2D eigenvalue weighted by Crippen LogP contribution is -2.40. The van der Waals surface area contributed by atoms with Crippen molar-refractivity contribution in [2.24, 2.45) is 0 Å². The summed E-state index contributed by atoms with van der Waals surface area (Å²) in [5.74, 6) is -0.766. The zero-order chi connectivity index (χ0) is 13.5. The second kappa shape index (κ2) is 7.00. The Bertz CT molecular complexity index is 416. The van der Waals surface area contributed by atoms with E-state index in [9.17, 15) is 9.59 Å². The smallest absolute Gasteiger partial charge is 0.326 e. The molecule has 0 saturated carbocycles. The number of carboxylic acid groups (broad SMARTS) is 1. The van der Waals surface area contributed by atoms with Crippen LogP contribution in [0, 0.1) is 0 Å². The topological polar surface area (TPSA) is 75.6 Å². The van der Waals surface area contributed by atoms with Gasteiger partial charge in [-0.2, -0.15) is 0 Å². The Labute approximate surface area is 110 Å². The quantitative estimate of drug-likeness (QED) is 0.796. The molecule has 0 spiro atoms. The van der Waals surface area contributed by atoms with Crippen molar-refractivity contribution in [3.05, 3.63) is 16.3 Å². The summed E-state index contributed by atoms with van der Waals surface area (Å²) in [5, 5.41) is 13.2. The molecule has 0 aliphatic rings. The zero-order valence-electron chi connectivity index (χ0n) is 10.4. The van der Waals surface area contributed by atoms with Gasteiger partial charge in [0.1, 0.15) is 11.8 Å². The molecule has 0 aliphatic heterocycles. The molecule has 1 rings (SSSR count).